The van der Waals surface area contributed by atoms with Crippen LogP contribution in [0.5, 0.6) is 0 Å². The third-order valence-corrected chi connectivity index (χ3v) is 11.7. The van der Waals surface area contributed by atoms with Crippen LogP contribution in [-0.2, 0) is 21.3 Å². The molecule has 4 aliphatic carbocycles. The number of carbonyl (C=O) groups excluding carboxylic acids is 1. The summed E-state index contributed by atoms with van der Waals surface area (Å²) < 4.78 is 6.34. The smallest absolute Gasteiger partial charge is 0.219 e. The van der Waals surface area contributed by atoms with Crippen molar-refractivity contribution in [3.8, 4) is 0 Å². The molecule has 10 unspecified atom stereocenters. The van der Waals surface area contributed by atoms with Crippen LogP contribution in [-0.4, -0.2) is 36.9 Å². The molecule has 4 nitrogen and oxygen atoms in total. The summed E-state index contributed by atoms with van der Waals surface area (Å²) in [5.74, 6) is 3.81. The van der Waals surface area contributed by atoms with Crippen molar-refractivity contribution in [3.63, 3.8) is 0 Å². The van der Waals surface area contributed by atoms with Crippen LogP contribution in [0.4, 0.5) is 0 Å². The summed E-state index contributed by atoms with van der Waals surface area (Å²) in [6, 6.07) is 0. The second-order valence-electron chi connectivity index (χ2n) is 13.4. The molecule has 1 radical (unpaired) electrons. The van der Waals surface area contributed by atoms with Crippen LogP contribution >= 0.6 is 8.02 Å². The van der Waals surface area contributed by atoms with E-state index in [9.17, 15) is 9.90 Å². The normalized spacial score (nSPS) is 40.3. The van der Waals surface area contributed by atoms with Gasteiger partial charge in [-0.3, -0.25) is 4.79 Å². The van der Waals surface area contributed by atoms with Crippen molar-refractivity contribution in [1.82, 2.24) is 5.32 Å². The van der Waals surface area contributed by atoms with Gasteiger partial charge in [0.25, 0.3) is 0 Å². The Bertz CT molecular complexity index is 746. The van der Waals surface area contributed by atoms with Gasteiger partial charge in [0.2, 0.25) is 5.91 Å². The Hall–Kier alpha value is 1.35. The Morgan fingerprint density at radius 3 is 2.47 bits per heavy atom. The third kappa shape index (κ3) is 7.64. The van der Waals surface area contributed by atoms with Gasteiger partial charge >= 0.3 is 0 Å². The van der Waals surface area contributed by atoms with Crippen LogP contribution in [0.3, 0.4) is 0 Å². The van der Waals surface area contributed by atoms with Gasteiger partial charge in [-0.25, -0.2) is 0 Å². The number of ether oxygens (including phenoxy) is 1. The Kier molecular flexibility index (Phi) is 15.2. The summed E-state index contributed by atoms with van der Waals surface area (Å²) in [6.07, 6.45) is 17.4. The van der Waals surface area contributed by atoms with Gasteiger partial charge in [-0.2, -0.15) is 13.3 Å². The number of nitrogens with one attached hydrogen (secondary N) is 1. The van der Waals surface area contributed by atoms with E-state index >= 15 is 0 Å². The molecule has 4 fully saturated rings. The van der Waals surface area contributed by atoms with Gasteiger partial charge in [0.1, 0.15) is 0 Å². The van der Waals surface area contributed by atoms with Crippen LogP contribution in [0, 0.1) is 96.8 Å². The molecule has 1 amide bonds. The summed E-state index contributed by atoms with van der Waals surface area (Å²) in [6.45, 7) is 10.5. The molecule has 10 atom stereocenters. The van der Waals surface area contributed by atoms with E-state index in [2.05, 4.69) is 59.3 Å². The molecule has 4 saturated carbocycles. The van der Waals surface area contributed by atoms with E-state index in [0.29, 0.717) is 58.9 Å². The van der Waals surface area contributed by atoms with Crippen molar-refractivity contribution < 1.29 is 58.7 Å². The first-order chi connectivity index (χ1) is 17.7. The molecule has 0 heterocycles. The summed E-state index contributed by atoms with van der Waals surface area (Å²) in [5, 5.41) is 14.4. The second-order valence-corrected chi connectivity index (χ2v) is 13.4. The van der Waals surface area contributed by atoms with E-state index in [4.69, 9.17) is 4.74 Å². The van der Waals surface area contributed by atoms with E-state index in [1.54, 1.807) is 7.05 Å². The molecule has 0 bridgehead atoms. The SMILES string of the molecule is C[CH-]CCCCOC1CCC2(C)C(C1)CC(O)C1C2CCC2(C)C(C(C)CCC(=O)NC)CCC12.P=S.[Ac]. The summed E-state index contributed by atoms with van der Waals surface area (Å²) in [4.78, 5) is 11.9. The number of aliphatic hydroxyl groups excluding tert-OH is 1. The van der Waals surface area contributed by atoms with E-state index in [1.165, 1.54) is 57.8 Å². The zero-order valence-electron chi connectivity index (χ0n) is 24.8. The molecular formula is C31H55AcNO3PS-. The van der Waals surface area contributed by atoms with Crippen LogP contribution in [0.15, 0.2) is 0 Å². The minimum atomic E-state index is -0.151. The maximum atomic E-state index is 11.9. The number of carbonyl (C=O) groups is 1. The van der Waals surface area contributed by atoms with Crippen molar-refractivity contribution in [2.45, 2.75) is 123 Å². The van der Waals surface area contributed by atoms with Crippen molar-refractivity contribution in [1.29, 1.82) is 0 Å². The van der Waals surface area contributed by atoms with Gasteiger partial charge in [-0.1, -0.05) is 39.0 Å². The zero-order chi connectivity index (χ0) is 27.2. The van der Waals surface area contributed by atoms with E-state index in [-0.39, 0.29) is 56.1 Å². The summed E-state index contributed by atoms with van der Waals surface area (Å²) in [5.41, 5.74) is 0.689. The van der Waals surface area contributed by atoms with Crippen LogP contribution in [0.1, 0.15) is 111 Å². The van der Waals surface area contributed by atoms with E-state index < -0.39 is 0 Å². The predicted octanol–water partition coefficient (Wildman–Crippen LogP) is 7.15. The number of hydrogen-bond acceptors (Lipinski definition) is 4. The van der Waals surface area contributed by atoms with Crippen molar-refractivity contribution in [2.75, 3.05) is 13.7 Å². The fourth-order valence-electron chi connectivity index (χ4n) is 9.70. The third-order valence-electron chi connectivity index (χ3n) is 11.7. The monoisotopic (exact) mass is 779 g/mol. The van der Waals surface area contributed by atoms with Gasteiger partial charge in [0, 0.05) is 64.1 Å². The first-order valence-corrected chi connectivity index (χ1v) is 16.9. The molecule has 2 N–H and O–H groups in total. The number of rotatable bonds is 10. The minimum Gasteiger partial charge on any atom is -0.393 e. The Morgan fingerprint density at radius 1 is 1.11 bits per heavy atom. The summed E-state index contributed by atoms with van der Waals surface area (Å²) in [7, 11) is 4.30. The molecule has 0 aromatic heterocycles. The minimum absolute atomic E-state index is 0. The summed E-state index contributed by atoms with van der Waals surface area (Å²) >= 11 is 3.89. The molecule has 0 aromatic carbocycles. The van der Waals surface area contributed by atoms with E-state index in [1.807, 2.05) is 0 Å². The molecule has 38 heavy (non-hydrogen) atoms. The number of aliphatic hydroxyl groups is 1. The Labute approximate surface area is 277 Å². The molecule has 0 saturated heterocycles. The first-order valence-electron chi connectivity index (χ1n) is 15.2. The molecular weight excluding hydrogens is 724 g/mol. The first kappa shape index (κ1) is 35.5. The number of fused-ring (bicyclic) bond motifs is 5. The van der Waals surface area contributed by atoms with Gasteiger partial charge in [-0.15, -0.1) is 0 Å². The standard InChI is InChI=1S/C31H54NO3.Ac.HPS/c1-6-7-8-9-18-35-23-14-16-30(3)22(19-23)20-27(33)29-25-12-11-24(21(2)10-13-28(34)32-5)31(25,4)17-15-26(29)30;;1-2/h6,21-27,29,33H,7-20H2,1-5H3,(H,32,34);;1H/q-1;;. The van der Waals surface area contributed by atoms with Crippen LogP contribution in [0.2, 0.25) is 0 Å². The average Bonchev–Trinajstić information content (AvgIpc) is 3.26. The Morgan fingerprint density at radius 2 is 1.79 bits per heavy atom. The van der Waals surface area contributed by atoms with Gasteiger partial charge in [-0.05, 0) is 119 Å². The topological polar surface area (TPSA) is 58.6 Å². The fourth-order valence-corrected chi connectivity index (χ4v) is 9.70. The average molecular weight is 780 g/mol. The number of amides is 1. The Balaban J connectivity index is 0.00000165. The van der Waals surface area contributed by atoms with E-state index in [0.717, 1.165) is 25.9 Å². The molecule has 0 spiro atoms. The van der Waals surface area contributed by atoms with Crippen LogP contribution in [0.25, 0.3) is 0 Å². The molecule has 4 aliphatic rings. The fraction of sp³-hybridized carbons (Fsp3) is 0.935. The quantitative estimate of drug-likeness (QED) is 0.141. The van der Waals surface area contributed by atoms with Crippen molar-refractivity contribution in [2.24, 2.45) is 46.3 Å². The molecule has 4 rings (SSSR count). The molecule has 7 heteroatoms. The van der Waals surface area contributed by atoms with Gasteiger partial charge < -0.3 is 21.6 Å². The predicted molar refractivity (Wildman–Crippen MR) is 158 cm³/mol. The maximum absolute atomic E-state index is 11.9. The maximum Gasteiger partial charge on any atom is 0.219 e. The largest absolute Gasteiger partial charge is 0.393 e. The zero-order valence-corrected chi connectivity index (χ0v) is 31.4. The van der Waals surface area contributed by atoms with Crippen molar-refractivity contribution in [3.05, 3.63) is 6.42 Å². The van der Waals surface area contributed by atoms with Crippen molar-refractivity contribution >= 4 is 25.7 Å². The second kappa shape index (κ2) is 16.3. The number of unbranched alkanes of at least 4 members (excludes halogenated alkanes) is 3. The molecule has 0 aromatic rings. The number of hydrogen-bond donors (Lipinski definition) is 2. The molecule has 217 valence electrons. The van der Waals surface area contributed by atoms with Gasteiger partial charge in [0.05, 0.1) is 12.2 Å². The van der Waals surface area contributed by atoms with Crippen LogP contribution < -0.4 is 5.32 Å². The molecule has 0 aliphatic heterocycles. The van der Waals surface area contributed by atoms with Gasteiger partial charge in [0.15, 0.2) is 0 Å².